The molecule has 1 aliphatic rings. The molecule has 0 spiro atoms. The Morgan fingerprint density at radius 3 is 1.96 bits per heavy atom. The minimum absolute atomic E-state index is 0.847. The van der Waals surface area contributed by atoms with Crippen molar-refractivity contribution in [2.45, 2.75) is 6.54 Å². The van der Waals surface area contributed by atoms with Gasteiger partial charge in [0.25, 0.3) is 0 Å². The molecule has 2 heterocycles. The summed E-state index contributed by atoms with van der Waals surface area (Å²) in [5, 5.41) is 9.06. The van der Waals surface area contributed by atoms with Crippen LogP contribution in [0.3, 0.4) is 0 Å². The van der Waals surface area contributed by atoms with E-state index in [9.17, 15) is 0 Å². The number of hydrogen-bond acceptors (Lipinski definition) is 4. The summed E-state index contributed by atoms with van der Waals surface area (Å²) in [6.07, 6.45) is 0. The minimum atomic E-state index is 0.847. The summed E-state index contributed by atoms with van der Waals surface area (Å²) in [4.78, 5) is 6.78. The van der Waals surface area contributed by atoms with Crippen molar-refractivity contribution in [3.05, 3.63) is 54.6 Å². The number of piperazine rings is 1. The molecule has 1 saturated heterocycles. The molecule has 1 fully saturated rings. The Balaban J connectivity index is 1.31. The average molecular weight is 307 g/mol. The maximum atomic E-state index is 4.53. The summed E-state index contributed by atoms with van der Waals surface area (Å²) in [5.74, 6) is 0. The molecule has 5 heteroatoms. The van der Waals surface area contributed by atoms with Crippen molar-refractivity contribution in [2.75, 3.05) is 37.6 Å². The highest BCUT2D eigenvalue weighted by atomic mass is 15.5. The fourth-order valence-electron chi connectivity index (χ4n) is 3.10. The Kier molecular flexibility index (Phi) is 3.94. The van der Waals surface area contributed by atoms with E-state index in [0.717, 1.165) is 50.3 Å². The first-order valence-corrected chi connectivity index (χ1v) is 8.21. The number of rotatable bonds is 4. The molecule has 0 saturated carbocycles. The van der Waals surface area contributed by atoms with Gasteiger partial charge in [0.05, 0.1) is 6.54 Å². The number of hydrogen-bond donors (Lipinski definition) is 0. The zero-order chi connectivity index (χ0) is 15.5. The lowest BCUT2D eigenvalue weighted by Gasteiger charge is -2.36. The highest BCUT2D eigenvalue weighted by Gasteiger charge is 2.17. The summed E-state index contributed by atoms with van der Waals surface area (Å²) in [5.41, 5.74) is 3.27. The van der Waals surface area contributed by atoms with E-state index in [-0.39, 0.29) is 0 Å². The number of benzene rings is 2. The van der Waals surface area contributed by atoms with Gasteiger partial charge in [-0.15, -0.1) is 0 Å². The highest BCUT2D eigenvalue weighted by Crippen LogP contribution is 2.15. The number of nitrogens with zero attached hydrogens (tertiary/aromatic N) is 5. The van der Waals surface area contributed by atoms with Crippen LogP contribution in [0.25, 0.3) is 11.0 Å². The van der Waals surface area contributed by atoms with Gasteiger partial charge in [-0.1, -0.05) is 30.3 Å². The second kappa shape index (κ2) is 6.38. The summed E-state index contributed by atoms with van der Waals surface area (Å²) in [6, 6.07) is 18.7. The van der Waals surface area contributed by atoms with Crippen LogP contribution in [0.2, 0.25) is 0 Å². The van der Waals surface area contributed by atoms with Gasteiger partial charge in [-0.3, -0.25) is 4.90 Å². The fraction of sp³-hybridized carbons (Fsp3) is 0.333. The first-order valence-electron chi connectivity index (χ1n) is 8.21. The molecule has 23 heavy (non-hydrogen) atoms. The van der Waals surface area contributed by atoms with Gasteiger partial charge in [0, 0.05) is 38.4 Å². The molecule has 4 rings (SSSR count). The van der Waals surface area contributed by atoms with Gasteiger partial charge in [-0.25, -0.2) is 0 Å². The van der Waals surface area contributed by atoms with Crippen LogP contribution >= 0.6 is 0 Å². The van der Waals surface area contributed by atoms with Crippen LogP contribution in [0, 0.1) is 0 Å². The molecular weight excluding hydrogens is 286 g/mol. The molecule has 0 bridgehead atoms. The van der Waals surface area contributed by atoms with Gasteiger partial charge in [0.15, 0.2) is 0 Å². The molecule has 0 unspecified atom stereocenters. The first-order chi connectivity index (χ1) is 11.4. The molecule has 2 aromatic carbocycles. The van der Waals surface area contributed by atoms with E-state index < -0.39 is 0 Å². The lowest BCUT2D eigenvalue weighted by molar-refractivity contribution is 0.240. The van der Waals surface area contributed by atoms with E-state index in [1.807, 2.05) is 29.1 Å². The van der Waals surface area contributed by atoms with Gasteiger partial charge in [-0.05, 0) is 24.3 Å². The van der Waals surface area contributed by atoms with Crippen molar-refractivity contribution >= 4 is 16.7 Å². The van der Waals surface area contributed by atoms with Crippen LogP contribution in [-0.2, 0) is 6.54 Å². The van der Waals surface area contributed by atoms with Crippen LogP contribution < -0.4 is 4.90 Å². The predicted molar refractivity (Wildman–Crippen MR) is 92.6 cm³/mol. The molecule has 1 aliphatic heterocycles. The van der Waals surface area contributed by atoms with E-state index in [0.29, 0.717) is 0 Å². The zero-order valence-electron chi connectivity index (χ0n) is 13.2. The van der Waals surface area contributed by atoms with Crippen LogP contribution in [-0.4, -0.2) is 52.6 Å². The molecule has 3 aromatic rings. The van der Waals surface area contributed by atoms with Crippen LogP contribution in [0.1, 0.15) is 0 Å². The van der Waals surface area contributed by atoms with Gasteiger partial charge in [0.2, 0.25) is 0 Å². The minimum Gasteiger partial charge on any atom is -0.369 e. The van der Waals surface area contributed by atoms with E-state index in [1.165, 1.54) is 5.69 Å². The first kappa shape index (κ1) is 14.2. The fourth-order valence-corrected chi connectivity index (χ4v) is 3.10. The molecule has 5 nitrogen and oxygen atoms in total. The summed E-state index contributed by atoms with van der Waals surface area (Å²) >= 11 is 0. The normalized spacial score (nSPS) is 16.1. The number of aromatic nitrogens is 3. The van der Waals surface area contributed by atoms with E-state index in [1.54, 1.807) is 0 Å². The molecule has 0 amide bonds. The zero-order valence-corrected chi connectivity index (χ0v) is 13.2. The number of para-hydroxylation sites is 1. The molecule has 0 aliphatic carbocycles. The van der Waals surface area contributed by atoms with Gasteiger partial charge < -0.3 is 4.90 Å². The maximum absolute atomic E-state index is 4.53. The number of anilines is 1. The van der Waals surface area contributed by atoms with Crippen molar-refractivity contribution in [3.8, 4) is 0 Å². The Labute approximate surface area is 136 Å². The Hall–Kier alpha value is -2.40. The van der Waals surface area contributed by atoms with Crippen molar-refractivity contribution in [3.63, 3.8) is 0 Å². The van der Waals surface area contributed by atoms with Gasteiger partial charge in [0.1, 0.15) is 11.0 Å². The lowest BCUT2D eigenvalue weighted by atomic mass is 10.2. The summed E-state index contributed by atoms with van der Waals surface area (Å²) in [6.45, 7) is 6.20. The Morgan fingerprint density at radius 2 is 1.30 bits per heavy atom. The second-order valence-electron chi connectivity index (χ2n) is 5.95. The third kappa shape index (κ3) is 3.19. The Bertz CT molecular complexity index is 726. The van der Waals surface area contributed by atoms with Gasteiger partial charge in [-0.2, -0.15) is 15.0 Å². The predicted octanol–water partition coefficient (Wildman–Crippen LogP) is 2.25. The molecule has 0 N–H and O–H groups in total. The molecule has 1 aromatic heterocycles. The van der Waals surface area contributed by atoms with E-state index in [2.05, 4.69) is 50.3 Å². The molecule has 118 valence electrons. The Morgan fingerprint density at radius 1 is 0.696 bits per heavy atom. The highest BCUT2D eigenvalue weighted by molar-refractivity contribution is 5.72. The van der Waals surface area contributed by atoms with Crippen molar-refractivity contribution in [2.24, 2.45) is 0 Å². The third-order valence-electron chi connectivity index (χ3n) is 4.44. The van der Waals surface area contributed by atoms with Crippen molar-refractivity contribution in [1.82, 2.24) is 19.9 Å². The van der Waals surface area contributed by atoms with Crippen molar-refractivity contribution < 1.29 is 0 Å². The smallest absolute Gasteiger partial charge is 0.113 e. The summed E-state index contributed by atoms with van der Waals surface area (Å²) < 4.78 is 0. The third-order valence-corrected chi connectivity index (χ3v) is 4.44. The average Bonchev–Trinajstić information content (AvgIpc) is 3.04. The second-order valence-corrected chi connectivity index (χ2v) is 5.95. The molecule has 0 atom stereocenters. The van der Waals surface area contributed by atoms with E-state index >= 15 is 0 Å². The lowest BCUT2D eigenvalue weighted by Crippen LogP contribution is -2.47. The van der Waals surface area contributed by atoms with Crippen LogP contribution in [0.4, 0.5) is 5.69 Å². The monoisotopic (exact) mass is 307 g/mol. The largest absolute Gasteiger partial charge is 0.369 e. The SMILES string of the molecule is c1ccc(N2CCN(CCn3nc4ccccc4n3)CC2)cc1. The molecule has 0 radical (unpaired) electrons. The van der Waals surface area contributed by atoms with Crippen LogP contribution in [0.15, 0.2) is 54.6 Å². The molecular formula is C18H21N5. The summed E-state index contributed by atoms with van der Waals surface area (Å²) in [7, 11) is 0. The van der Waals surface area contributed by atoms with Crippen LogP contribution in [0.5, 0.6) is 0 Å². The van der Waals surface area contributed by atoms with Crippen molar-refractivity contribution in [1.29, 1.82) is 0 Å². The number of fused-ring (bicyclic) bond motifs is 1. The maximum Gasteiger partial charge on any atom is 0.113 e. The van der Waals surface area contributed by atoms with Gasteiger partial charge >= 0.3 is 0 Å². The topological polar surface area (TPSA) is 37.2 Å². The standard InChI is InChI=1S/C18H21N5/c1-2-6-16(7-3-1)22-13-10-21(11-14-22)12-15-23-19-17-8-4-5-9-18(17)20-23/h1-9H,10-15H2. The van der Waals surface area contributed by atoms with E-state index in [4.69, 9.17) is 0 Å². The quantitative estimate of drug-likeness (QED) is 0.741.